The molecule has 0 spiro atoms. The maximum atomic E-state index is 14.4. The van der Waals surface area contributed by atoms with Gasteiger partial charge in [-0.3, -0.25) is 29.0 Å². The number of hydrogen-bond donors (Lipinski definition) is 20. The first-order valence-corrected chi connectivity index (χ1v) is 26.5. The van der Waals surface area contributed by atoms with Crippen molar-refractivity contribution in [2.75, 3.05) is 217 Å². The van der Waals surface area contributed by atoms with E-state index in [-0.39, 0.29) is 26.2 Å². The zero-order chi connectivity index (χ0) is 60.3. The molecule has 4 aliphatic heterocycles. The largest absolute Gasteiger partial charge is 0.396 e. The van der Waals surface area contributed by atoms with Gasteiger partial charge >= 0.3 is 0 Å². The molecular weight excluding hydrogens is 1070 g/mol. The summed E-state index contributed by atoms with van der Waals surface area (Å²) in [6.07, 6.45) is -6.78. The fraction of sp³-hybridized carbons (Fsp3) is 0.918. The summed E-state index contributed by atoms with van der Waals surface area (Å²) >= 11 is 0. The minimum absolute atomic E-state index is 0.0271. The van der Waals surface area contributed by atoms with Gasteiger partial charge in [-0.1, -0.05) is 0 Å². The summed E-state index contributed by atoms with van der Waals surface area (Å²) in [4.78, 5) is 66.3. The van der Waals surface area contributed by atoms with Gasteiger partial charge in [-0.25, -0.2) is 0 Å². The van der Waals surface area contributed by atoms with Crippen molar-refractivity contribution in [1.82, 2.24) is 34.3 Å². The summed E-state index contributed by atoms with van der Waals surface area (Å²) in [5, 5.41) is 211. The van der Waals surface area contributed by atoms with Crippen molar-refractivity contribution in [3.05, 3.63) is 0 Å². The molecule has 0 atom stereocenters. The number of hydrogen-bond acceptors (Lipinski definition) is 27. The monoisotopic (exact) mass is 1160 g/mol. The molecule has 0 unspecified atom stereocenters. The number of likely N-dealkylation sites (N-methyl/N-ethyl adjacent to an activating group) is 1. The number of piperidine rings is 4. The lowest BCUT2D eigenvalue weighted by atomic mass is 9.65. The molecule has 4 saturated heterocycles. The molecule has 4 aliphatic rings. The molecule has 4 fully saturated rings. The maximum absolute atomic E-state index is 14.4. The van der Waals surface area contributed by atoms with E-state index >= 15 is 0 Å². The lowest BCUT2D eigenvalue weighted by molar-refractivity contribution is -0.199. The summed E-state index contributed by atoms with van der Waals surface area (Å²) in [6, 6.07) is 0. The van der Waals surface area contributed by atoms with Gasteiger partial charge in [0.15, 0.2) is 0 Å². The van der Waals surface area contributed by atoms with E-state index in [1.807, 2.05) is 0 Å². The number of aliphatic hydroxyl groups is 20. The first-order valence-electron chi connectivity index (χ1n) is 26.5. The van der Waals surface area contributed by atoms with Crippen molar-refractivity contribution >= 4 is 23.6 Å². The smallest absolute Gasteiger partial charge is 0.236 e. The Morgan fingerprint density at radius 2 is 0.438 bits per heavy atom. The first kappa shape index (κ1) is 69.5. The molecule has 31 heteroatoms. The second kappa shape index (κ2) is 28.7. The Bertz CT molecular complexity index is 1630. The maximum Gasteiger partial charge on any atom is 0.236 e. The zero-order valence-electron chi connectivity index (χ0n) is 45.6. The number of aliphatic hydroxyl groups excluding tert-OH is 20. The molecule has 20 N–H and O–H groups in total. The standard InChI is InChI=1S/C49H91N7O24/c1-50(2-4-51(6-34(73)53-10-42(18-57,19-58)38(77)43(11-53,20-59)21-60)7-35(74)54-12-44(22-61,23-62)39(78)45(13-54,24-63)25-64)3-5-52(8-36(75)55-14-46(26-65,27-66)40(79)47(15-55,28-67)29-68)9-37(76)56-16-48(30-69,31-70)41(80)49(17-56,32-71)33-72/h38-41,57-72,77-80H,2-33H2,1H3. The highest BCUT2D eigenvalue weighted by Crippen LogP contribution is 2.44. The Kier molecular flexibility index (Phi) is 24.9. The van der Waals surface area contributed by atoms with E-state index in [1.54, 1.807) is 11.9 Å². The molecule has 0 aromatic rings. The van der Waals surface area contributed by atoms with Gasteiger partial charge in [-0.2, -0.15) is 0 Å². The van der Waals surface area contributed by atoms with Crippen LogP contribution < -0.4 is 0 Å². The molecule has 4 heterocycles. The van der Waals surface area contributed by atoms with E-state index in [9.17, 15) is 121 Å². The van der Waals surface area contributed by atoms with Crippen LogP contribution in [0, 0.1) is 43.3 Å². The van der Waals surface area contributed by atoms with Crippen LogP contribution in [0.3, 0.4) is 0 Å². The number of nitrogens with zero attached hydrogens (tertiary/aromatic N) is 7. The van der Waals surface area contributed by atoms with Gasteiger partial charge in [0.1, 0.15) is 0 Å². The molecule has 466 valence electrons. The van der Waals surface area contributed by atoms with Crippen LogP contribution in [0.4, 0.5) is 0 Å². The second-order valence-corrected chi connectivity index (χ2v) is 23.8. The van der Waals surface area contributed by atoms with Crippen LogP contribution in [-0.2, 0) is 19.2 Å². The van der Waals surface area contributed by atoms with E-state index < -0.39 is 276 Å². The van der Waals surface area contributed by atoms with E-state index in [4.69, 9.17) is 0 Å². The lowest BCUT2D eigenvalue weighted by Crippen LogP contribution is -2.69. The summed E-state index contributed by atoms with van der Waals surface area (Å²) in [7, 11) is 1.59. The molecule has 4 rings (SSSR count). The molecule has 0 radical (unpaired) electrons. The fourth-order valence-electron chi connectivity index (χ4n) is 12.2. The summed E-state index contributed by atoms with van der Waals surface area (Å²) in [5.74, 6) is -3.08. The van der Waals surface area contributed by atoms with Crippen LogP contribution in [0.25, 0.3) is 0 Å². The van der Waals surface area contributed by atoms with E-state index in [0.717, 1.165) is 19.6 Å². The summed E-state index contributed by atoms with van der Waals surface area (Å²) in [6.45, 7) is -20.7. The highest BCUT2D eigenvalue weighted by molar-refractivity contribution is 5.83. The Labute approximate surface area is 463 Å². The van der Waals surface area contributed by atoms with Crippen molar-refractivity contribution in [1.29, 1.82) is 0 Å². The number of carbonyl (C=O) groups is 4. The number of rotatable bonds is 30. The van der Waals surface area contributed by atoms with Crippen LogP contribution >= 0.6 is 0 Å². The number of carbonyl (C=O) groups excluding carboxylic acids is 4. The van der Waals surface area contributed by atoms with Gasteiger partial charge in [0.2, 0.25) is 23.6 Å². The predicted molar refractivity (Wildman–Crippen MR) is 274 cm³/mol. The van der Waals surface area contributed by atoms with Crippen LogP contribution in [0.5, 0.6) is 0 Å². The average Bonchev–Trinajstić information content (AvgIpc) is 3.48. The van der Waals surface area contributed by atoms with Gasteiger partial charge in [-0.05, 0) is 7.05 Å². The van der Waals surface area contributed by atoms with Crippen molar-refractivity contribution in [2.24, 2.45) is 43.3 Å². The van der Waals surface area contributed by atoms with E-state index in [2.05, 4.69) is 0 Å². The topological polar surface area (TPSA) is 496 Å². The average molecular weight is 1160 g/mol. The fourth-order valence-corrected chi connectivity index (χ4v) is 12.2. The first-order chi connectivity index (χ1) is 37.8. The second-order valence-electron chi connectivity index (χ2n) is 23.8. The molecular formula is C49H91N7O24. The van der Waals surface area contributed by atoms with Gasteiger partial charge in [0.25, 0.3) is 0 Å². The minimum atomic E-state index is -1.83. The Hall–Kier alpha value is -3.04. The van der Waals surface area contributed by atoms with Gasteiger partial charge in [-0.15, -0.1) is 0 Å². The van der Waals surface area contributed by atoms with Crippen LogP contribution in [0.2, 0.25) is 0 Å². The zero-order valence-corrected chi connectivity index (χ0v) is 45.6. The number of likely N-dealkylation sites (tertiary alicyclic amines) is 4. The molecule has 0 saturated carbocycles. The van der Waals surface area contributed by atoms with Crippen molar-refractivity contribution in [2.45, 2.75) is 24.4 Å². The van der Waals surface area contributed by atoms with Gasteiger partial charge < -0.3 is 127 Å². The molecule has 0 bridgehead atoms. The van der Waals surface area contributed by atoms with Gasteiger partial charge in [0, 0.05) is 78.5 Å². The predicted octanol–water partition coefficient (Wildman–Crippen LogP) is -13.9. The third-order valence-corrected chi connectivity index (χ3v) is 18.2. The van der Waals surface area contributed by atoms with Crippen molar-refractivity contribution < 1.29 is 121 Å². The highest BCUT2D eigenvalue weighted by atomic mass is 16.3. The Morgan fingerprint density at radius 1 is 0.300 bits per heavy atom. The Balaban J connectivity index is 1.69. The third kappa shape index (κ3) is 13.4. The van der Waals surface area contributed by atoms with Crippen LogP contribution in [-0.4, -0.2) is 402 Å². The molecule has 0 aromatic heterocycles. The molecule has 4 amide bonds. The summed E-state index contributed by atoms with van der Waals surface area (Å²) in [5.41, 5.74) is -14.6. The highest BCUT2D eigenvalue weighted by Gasteiger charge is 2.60. The normalized spacial score (nSPS) is 22.9. The van der Waals surface area contributed by atoms with Crippen LogP contribution in [0.15, 0.2) is 0 Å². The molecule has 31 nitrogen and oxygen atoms in total. The van der Waals surface area contributed by atoms with E-state index in [1.165, 1.54) is 9.80 Å². The van der Waals surface area contributed by atoms with Gasteiger partial charge in [0.05, 0.1) is 200 Å². The Morgan fingerprint density at radius 3 is 0.562 bits per heavy atom. The SMILES string of the molecule is CN(CCN(CC(=O)N1CC(CO)(CO)C(O)C(CO)(CO)C1)CC(=O)N1CC(CO)(CO)C(O)C(CO)(CO)C1)CCN(CC(=O)N1CC(CO)(CO)C(O)C(CO)(CO)C1)CC(=O)N1CC(CO)(CO)C(O)C(CO)(CO)C1. The van der Waals surface area contributed by atoms with Crippen molar-refractivity contribution in [3.8, 4) is 0 Å². The molecule has 0 aromatic carbocycles. The summed E-state index contributed by atoms with van der Waals surface area (Å²) < 4.78 is 0. The lowest BCUT2D eigenvalue weighted by Gasteiger charge is -2.54. The minimum Gasteiger partial charge on any atom is -0.396 e. The number of amides is 4. The van der Waals surface area contributed by atoms with Crippen LogP contribution in [0.1, 0.15) is 0 Å². The molecule has 80 heavy (non-hydrogen) atoms. The van der Waals surface area contributed by atoms with E-state index in [0.29, 0.717) is 0 Å². The molecule has 0 aliphatic carbocycles. The quantitative estimate of drug-likeness (QED) is 0.0318. The van der Waals surface area contributed by atoms with Crippen molar-refractivity contribution in [3.63, 3.8) is 0 Å². The third-order valence-electron chi connectivity index (χ3n) is 18.2.